The number of aromatic nitrogens is 1. The molecule has 1 atom stereocenters. The highest BCUT2D eigenvalue weighted by atomic mass is 16.5. The molecule has 1 aromatic heterocycles. The lowest BCUT2D eigenvalue weighted by Gasteiger charge is -2.32. The van der Waals surface area contributed by atoms with Gasteiger partial charge in [-0.3, -0.25) is 14.4 Å². The molecule has 2 fully saturated rings. The number of benzene rings is 1. The molecule has 1 aliphatic heterocycles. The Bertz CT molecular complexity index is 931. The normalized spacial score (nSPS) is 18.9. The van der Waals surface area contributed by atoms with Crippen LogP contribution in [-0.2, 0) is 0 Å². The van der Waals surface area contributed by atoms with Gasteiger partial charge in [-0.25, -0.2) is 0 Å². The summed E-state index contributed by atoms with van der Waals surface area (Å²) in [5, 5.41) is 3.00. The molecule has 0 radical (unpaired) electrons. The van der Waals surface area contributed by atoms with Gasteiger partial charge in [-0.15, -0.1) is 0 Å². The molecule has 2 aliphatic rings. The average molecular weight is 395 g/mol. The summed E-state index contributed by atoms with van der Waals surface area (Å²) < 4.78 is 6.00. The van der Waals surface area contributed by atoms with Gasteiger partial charge in [0.15, 0.2) is 0 Å². The zero-order valence-corrected chi connectivity index (χ0v) is 16.2. The van der Waals surface area contributed by atoms with Crippen molar-refractivity contribution in [3.8, 4) is 5.75 Å². The minimum absolute atomic E-state index is 0.0878. The number of nitrogens with one attached hydrogen (secondary N) is 2. The SMILES string of the molecule is O=C(NC1CC1)c1ccccc1OCC1CCCN(C(=O)c2ccc(=O)[nH]c2)C1. The molecule has 1 saturated carbocycles. The Kier molecular flexibility index (Phi) is 5.64. The number of likely N-dealkylation sites (tertiary alicyclic amines) is 1. The number of carbonyl (C=O) groups excluding carboxylic acids is 2. The van der Waals surface area contributed by atoms with E-state index in [9.17, 15) is 14.4 Å². The third-order valence-electron chi connectivity index (χ3n) is 5.36. The lowest BCUT2D eigenvalue weighted by atomic mass is 9.98. The van der Waals surface area contributed by atoms with E-state index in [-0.39, 0.29) is 23.3 Å². The van der Waals surface area contributed by atoms with Gasteiger partial charge in [-0.05, 0) is 43.9 Å². The van der Waals surface area contributed by atoms with Gasteiger partial charge in [-0.1, -0.05) is 12.1 Å². The highest BCUT2D eigenvalue weighted by Crippen LogP contribution is 2.24. The molecular weight excluding hydrogens is 370 g/mol. The van der Waals surface area contributed by atoms with Crippen LogP contribution in [0, 0.1) is 5.92 Å². The first-order chi connectivity index (χ1) is 14.1. The Morgan fingerprint density at radius 2 is 1.97 bits per heavy atom. The Balaban J connectivity index is 1.36. The van der Waals surface area contributed by atoms with E-state index in [1.165, 1.54) is 12.3 Å². The van der Waals surface area contributed by atoms with E-state index in [1.807, 2.05) is 18.2 Å². The van der Waals surface area contributed by atoms with Crippen LogP contribution in [0.2, 0.25) is 0 Å². The van der Waals surface area contributed by atoms with Crippen LogP contribution < -0.4 is 15.6 Å². The fourth-order valence-electron chi connectivity index (χ4n) is 3.59. The molecule has 152 valence electrons. The quantitative estimate of drug-likeness (QED) is 0.784. The molecule has 29 heavy (non-hydrogen) atoms. The maximum absolute atomic E-state index is 12.7. The van der Waals surface area contributed by atoms with E-state index in [1.54, 1.807) is 17.0 Å². The van der Waals surface area contributed by atoms with Gasteiger partial charge in [0.25, 0.3) is 11.8 Å². The summed E-state index contributed by atoms with van der Waals surface area (Å²) in [6.45, 7) is 1.73. The Morgan fingerprint density at radius 1 is 1.14 bits per heavy atom. The summed E-state index contributed by atoms with van der Waals surface area (Å²) in [4.78, 5) is 40.7. The standard InChI is InChI=1S/C22H25N3O4/c26-20-10-7-16(12-23-20)22(28)25-11-3-4-15(13-25)14-29-19-6-2-1-5-18(19)21(27)24-17-8-9-17/h1-2,5-7,10,12,15,17H,3-4,8-9,11,13-14H2,(H,23,26)(H,24,27). The van der Waals surface area contributed by atoms with Crippen molar-refractivity contribution in [2.24, 2.45) is 5.92 Å². The van der Waals surface area contributed by atoms with Gasteiger partial charge in [0.05, 0.1) is 17.7 Å². The second-order valence-electron chi connectivity index (χ2n) is 7.76. The van der Waals surface area contributed by atoms with Gasteiger partial charge in [-0.2, -0.15) is 0 Å². The van der Waals surface area contributed by atoms with E-state index in [4.69, 9.17) is 4.74 Å². The number of hydrogen-bond acceptors (Lipinski definition) is 4. The molecule has 7 heteroatoms. The van der Waals surface area contributed by atoms with Crippen LogP contribution in [0.25, 0.3) is 0 Å². The van der Waals surface area contributed by atoms with Gasteiger partial charge in [0, 0.05) is 37.3 Å². The van der Waals surface area contributed by atoms with Gasteiger partial charge in [0.1, 0.15) is 5.75 Å². The first-order valence-electron chi connectivity index (χ1n) is 10.1. The molecular formula is C22H25N3O4. The van der Waals surface area contributed by atoms with Crippen molar-refractivity contribution >= 4 is 11.8 Å². The Labute approximate surface area is 169 Å². The van der Waals surface area contributed by atoms with Crippen LogP contribution in [0.4, 0.5) is 0 Å². The van der Waals surface area contributed by atoms with E-state index in [0.29, 0.717) is 42.6 Å². The van der Waals surface area contributed by atoms with Crippen molar-refractivity contribution in [3.05, 3.63) is 64.1 Å². The monoisotopic (exact) mass is 395 g/mol. The molecule has 0 bridgehead atoms. The number of ether oxygens (including phenoxy) is 1. The maximum Gasteiger partial charge on any atom is 0.255 e. The third kappa shape index (κ3) is 4.85. The summed E-state index contributed by atoms with van der Waals surface area (Å²) in [5.41, 5.74) is 0.806. The Morgan fingerprint density at radius 3 is 2.72 bits per heavy atom. The topological polar surface area (TPSA) is 91.5 Å². The number of carbonyl (C=O) groups is 2. The van der Waals surface area contributed by atoms with Crippen molar-refractivity contribution < 1.29 is 14.3 Å². The summed E-state index contributed by atoms with van der Waals surface area (Å²) in [6.07, 6.45) is 5.39. The first kappa shape index (κ1) is 19.2. The van der Waals surface area contributed by atoms with Crippen LogP contribution >= 0.6 is 0 Å². The number of nitrogens with zero attached hydrogens (tertiary/aromatic N) is 1. The fourth-order valence-corrected chi connectivity index (χ4v) is 3.59. The number of hydrogen-bond donors (Lipinski definition) is 2. The first-order valence-corrected chi connectivity index (χ1v) is 10.1. The number of pyridine rings is 1. The predicted octanol–water partition coefficient (Wildman–Crippen LogP) is 2.20. The van der Waals surface area contributed by atoms with Crippen molar-refractivity contribution in [1.82, 2.24) is 15.2 Å². The molecule has 1 aliphatic carbocycles. The number of aromatic amines is 1. The summed E-state index contributed by atoms with van der Waals surface area (Å²) in [7, 11) is 0. The molecule has 2 amide bonds. The minimum atomic E-state index is -0.226. The van der Waals surface area contributed by atoms with Gasteiger partial charge in [0.2, 0.25) is 5.56 Å². The third-order valence-corrected chi connectivity index (χ3v) is 5.36. The maximum atomic E-state index is 12.7. The summed E-state index contributed by atoms with van der Waals surface area (Å²) in [6, 6.07) is 10.5. The molecule has 1 aromatic carbocycles. The van der Waals surface area contributed by atoms with Crippen molar-refractivity contribution in [3.63, 3.8) is 0 Å². The van der Waals surface area contributed by atoms with Crippen molar-refractivity contribution in [1.29, 1.82) is 0 Å². The highest BCUT2D eigenvalue weighted by molar-refractivity contribution is 5.97. The van der Waals surface area contributed by atoms with Crippen LogP contribution in [-0.4, -0.2) is 47.4 Å². The second kappa shape index (κ2) is 8.51. The number of para-hydroxylation sites is 1. The lowest BCUT2D eigenvalue weighted by molar-refractivity contribution is 0.0632. The molecule has 4 rings (SSSR count). The average Bonchev–Trinajstić information content (AvgIpc) is 3.56. The lowest BCUT2D eigenvalue weighted by Crippen LogP contribution is -2.41. The zero-order chi connectivity index (χ0) is 20.2. The van der Waals surface area contributed by atoms with E-state index in [0.717, 1.165) is 25.7 Å². The van der Waals surface area contributed by atoms with E-state index >= 15 is 0 Å². The number of H-pyrrole nitrogens is 1. The molecule has 7 nitrogen and oxygen atoms in total. The number of rotatable bonds is 6. The number of amides is 2. The highest BCUT2D eigenvalue weighted by Gasteiger charge is 2.27. The van der Waals surface area contributed by atoms with E-state index in [2.05, 4.69) is 10.3 Å². The van der Waals surface area contributed by atoms with Gasteiger partial charge < -0.3 is 19.9 Å². The molecule has 1 saturated heterocycles. The minimum Gasteiger partial charge on any atom is -0.492 e. The molecule has 1 unspecified atom stereocenters. The van der Waals surface area contributed by atoms with Crippen LogP contribution in [0.3, 0.4) is 0 Å². The molecule has 2 aromatic rings. The Hall–Kier alpha value is -3.09. The smallest absolute Gasteiger partial charge is 0.255 e. The van der Waals surface area contributed by atoms with E-state index < -0.39 is 0 Å². The van der Waals surface area contributed by atoms with Crippen molar-refractivity contribution in [2.75, 3.05) is 19.7 Å². The summed E-state index contributed by atoms with van der Waals surface area (Å²) >= 11 is 0. The molecule has 0 spiro atoms. The zero-order valence-electron chi connectivity index (χ0n) is 16.2. The second-order valence-corrected chi connectivity index (χ2v) is 7.76. The molecule has 2 heterocycles. The number of piperidine rings is 1. The summed E-state index contributed by atoms with van der Waals surface area (Å²) in [5.74, 6) is 0.585. The van der Waals surface area contributed by atoms with Gasteiger partial charge >= 0.3 is 0 Å². The van der Waals surface area contributed by atoms with Crippen LogP contribution in [0.15, 0.2) is 47.4 Å². The predicted molar refractivity (Wildman–Crippen MR) is 108 cm³/mol. The van der Waals surface area contributed by atoms with Crippen LogP contribution in [0.1, 0.15) is 46.4 Å². The largest absolute Gasteiger partial charge is 0.492 e. The fraction of sp³-hybridized carbons (Fsp3) is 0.409. The van der Waals surface area contributed by atoms with Crippen molar-refractivity contribution in [2.45, 2.75) is 31.7 Å². The van der Waals surface area contributed by atoms with Crippen LogP contribution in [0.5, 0.6) is 5.75 Å². The molecule has 2 N–H and O–H groups in total.